The van der Waals surface area contributed by atoms with Gasteiger partial charge >= 0.3 is 5.69 Å². The first-order chi connectivity index (χ1) is 8.20. The van der Waals surface area contributed by atoms with Crippen LogP contribution in [-0.2, 0) is 0 Å². The fourth-order valence-electron chi connectivity index (χ4n) is 2.35. The molecule has 1 aromatic rings. The highest BCUT2D eigenvalue weighted by atomic mass is 16.6. The number of rotatable bonds is 5. The second-order valence-corrected chi connectivity index (χ2v) is 5.01. The van der Waals surface area contributed by atoms with Gasteiger partial charge in [-0.3, -0.25) is 10.1 Å². The number of hydrogen-bond acceptors (Lipinski definition) is 5. The molecule has 0 radical (unpaired) electrons. The fraction of sp³-hybridized carbons (Fsp3) is 0.636. The van der Waals surface area contributed by atoms with Gasteiger partial charge < -0.3 is 5.32 Å². The van der Waals surface area contributed by atoms with Crippen molar-refractivity contribution in [3.05, 3.63) is 22.5 Å². The smallest absolute Gasteiger partial charge is 0.305 e. The highest BCUT2D eigenvalue weighted by Gasteiger charge is 2.53. The Labute approximate surface area is 98.6 Å². The second-order valence-electron chi connectivity index (χ2n) is 5.01. The van der Waals surface area contributed by atoms with Gasteiger partial charge in [-0.15, -0.1) is 0 Å². The van der Waals surface area contributed by atoms with E-state index in [1.54, 1.807) is 0 Å². The molecule has 6 nitrogen and oxygen atoms in total. The Hall–Kier alpha value is -1.72. The third-order valence-electron chi connectivity index (χ3n) is 3.78. The summed E-state index contributed by atoms with van der Waals surface area (Å²) in [4.78, 5) is 17.8. The van der Waals surface area contributed by atoms with Gasteiger partial charge in [-0.25, -0.2) is 9.97 Å². The van der Waals surface area contributed by atoms with Crippen molar-refractivity contribution in [2.75, 3.05) is 11.9 Å². The molecule has 2 fully saturated rings. The zero-order chi connectivity index (χ0) is 11.9. The normalized spacial score (nSPS) is 20.9. The molecule has 17 heavy (non-hydrogen) atoms. The van der Waals surface area contributed by atoms with Crippen LogP contribution in [0.5, 0.6) is 0 Å². The van der Waals surface area contributed by atoms with Crippen LogP contribution < -0.4 is 5.32 Å². The van der Waals surface area contributed by atoms with Gasteiger partial charge in [0.2, 0.25) is 5.95 Å². The second kappa shape index (κ2) is 3.65. The van der Waals surface area contributed by atoms with Crippen LogP contribution in [0.15, 0.2) is 12.4 Å². The van der Waals surface area contributed by atoms with Gasteiger partial charge in [-0.1, -0.05) is 0 Å². The Morgan fingerprint density at radius 2 is 2.06 bits per heavy atom. The lowest BCUT2D eigenvalue weighted by molar-refractivity contribution is -0.385. The molecule has 2 aliphatic carbocycles. The van der Waals surface area contributed by atoms with E-state index in [2.05, 4.69) is 15.3 Å². The van der Waals surface area contributed by atoms with Crippen molar-refractivity contribution >= 4 is 11.6 Å². The Kier molecular flexibility index (Phi) is 2.24. The molecule has 1 N–H and O–H groups in total. The van der Waals surface area contributed by atoms with Gasteiger partial charge in [0.1, 0.15) is 12.4 Å². The Bertz CT molecular complexity index is 437. The van der Waals surface area contributed by atoms with Crippen molar-refractivity contribution in [2.24, 2.45) is 11.3 Å². The van der Waals surface area contributed by atoms with E-state index in [0.717, 1.165) is 12.5 Å². The minimum Gasteiger partial charge on any atom is -0.354 e. The summed E-state index contributed by atoms with van der Waals surface area (Å²) in [5.74, 6) is 1.37. The minimum atomic E-state index is -0.490. The molecule has 0 saturated heterocycles. The van der Waals surface area contributed by atoms with Crippen molar-refractivity contribution in [1.82, 2.24) is 9.97 Å². The van der Waals surface area contributed by atoms with E-state index in [0.29, 0.717) is 11.4 Å². The SMILES string of the molecule is O=[N+]([O-])c1cnc(NCC2(C3CC3)CC2)nc1. The van der Waals surface area contributed by atoms with E-state index in [1.165, 1.54) is 38.1 Å². The Morgan fingerprint density at radius 3 is 2.53 bits per heavy atom. The number of nitrogens with one attached hydrogen (secondary N) is 1. The number of nitrogens with zero attached hydrogens (tertiary/aromatic N) is 3. The standard InChI is InChI=1S/C11H14N4O2/c16-15(17)9-5-12-10(13-6-9)14-7-11(3-4-11)8-1-2-8/h5-6,8H,1-4,7H2,(H,12,13,14). The van der Waals surface area contributed by atoms with Crippen molar-refractivity contribution in [1.29, 1.82) is 0 Å². The molecule has 0 amide bonds. The number of anilines is 1. The zero-order valence-corrected chi connectivity index (χ0v) is 9.43. The molecular formula is C11H14N4O2. The number of aromatic nitrogens is 2. The molecule has 0 aromatic carbocycles. The van der Waals surface area contributed by atoms with Crippen molar-refractivity contribution in [3.8, 4) is 0 Å². The highest BCUT2D eigenvalue weighted by Crippen LogP contribution is 2.61. The van der Waals surface area contributed by atoms with Gasteiger partial charge in [-0.2, -0.15) is 0 Å². The molecule has 0 aliphatic heterocycles. The summed E-state index contributed by atoms with van der Waals surface area (Å²) in [5, 5.41) is 13.6. The summed E-state index contributed by atoms with van der Waals surface area (Å²) in [6, 6.07) is 0. The van der Waals surface area contributed by atoms with E-state index < -0.39 is 4.92 Å². The predicted molar refractivity (Wildman–Crippen MR) is 61.6 cm³/mol. The van der Waals surface area contributed by atoms with Crippen LogP contribution in [0.4, 0.5) is 11.6 Å². The maximum Gasteiger partial charge on any atom is 0.305 e. The van der Waals surface area contributed by atoms with Crippen molar-refractivity contribution < 1.29 is 4.92 Å². The van der Waals surface area contributed by atoms with Crippen LogP contribution in [0.2, 0.25) is 0 Å². The molecule has 0 unspecified atom stereocenters. The maximum atomic E-state index is 10.4. The summed E-state index contributed by atoms with van der Waals surface area (Å²) in [6.07, 6.45) is 7.76. The van der Waals surface area contributed by atoms with E-state index in [-0.39, 0.29) is 5.69 Å². The van der Waals surface area contributed by atoms with Crippen LogP contribution in [0, 0.1) is 21.4 Å². The molecule has 0 spiro atoms. The topological polar surface area (TPSA) is 81.0 Å². The Balaban J connectivity index is 1.59. The van der Waals surface area contributed by atoms with Crippen molar-refractivity contribution in [3.63, 3.8) is 0 Å². The molecule has 90 valence electrons. The predicted octanol–water partition coefficient (Wildman–Crippen LogP) is 1.99. The lowest BCUT2D eigenvalue weighted by Gasteiger charge is -2.14. The summed E-state index contributed by atoms with van der Waals surface area (Å²) >= 11 is 0. The molecule has 2 saturated carbocycles. The first-order valence-corrected chi connectivity index (χ1v) is 5.90. The van der Waals surface area contributed by atoms with Gasteiger partial charge in [0.15, 0.2) is 0 Å². The van der Waals surface area contributed by atoms with Crippen molar-refractivity contribution in [2.45, 2.75) is 25.7 Å². The quantitative estimate of drug-likeness (QED) is 0.622. The summed E-state index contributed by atoms with van der Waals surface area (Å²) in [5.41, 5.74) is 0.407. The summed E-state index contributed by atoms with van der Waals surface area (Å²) in [7, 11) is 0. The maximum absolute atomic E-state index is 10.4. The van der Waals surface area contributed by atoms with Crippen LogP contribution in [0.1, 0.15) is 25.7 Å². The van der Waals surface area contributed by atoms with Crippen LogP contribution in [-0.4, -0.2) is 21.4 Å². The van der Waals surface area contributed by atoms with Gasteiger partial charge in [0, 0.05) is 6.54 Å². The molecular weight excluding hydrogens is 220 g/mol. The summed E-state index contributed by atoms with van der Waals surface area (Å²) < 4.78 is 0. The third-order valence-corrected chi connectivity index (χ3v) is 3.78. The minimum absolute atomic E-state index is 0.0705. The molecule has 2 aliphatic rings. The average Bonchev–Trinajstić information content (AvgIpc) is 3.17. The van der Waals surface area contributed by atoms with Gasteiger partial charge in [0.05, 0.1) is 4.92 Å². The molecule has 0 bridgehead atoms. The third kappa shape index (κ3) is 2.07. The Morgan fingerprint density at radius 1 is 1.41 bits per heavy atom. The molecule has 0 atom stereocenters. The average molecular weight is 234 g/mol. The van der Waals surface area contributed by atoms with Gasteiger partial charge in [0.25, 0.3) is 0 Å². The number of nitro groups is 1. The summed E-state index contributed by atoms with van der Waals surface area (Å²) in [6.45, 7) is 0.898. The zero-order valence-electron chi connectivity index (χ0n) is 9.43. The van der Waals surface area contributed by atoms with E-state index in [4.69, 9.17) is 0 Å². The fourth-order valence-corrected chi connectivity index (χ4v) is 2.35. The molecule has 1 aromatic heterocycles. The number of hydrogen-bond donors (Lipinski definition) is 1. The molecule has 6 heteroatoms. The van der Waals surface area contributed by atoms with Gasteiger partial charge in [-0.05, 0) is 37.0 Å². The molecule has 3 rings (SSSR count). The lowest BCUT2D eigenvalue weighted by atomic mass is 10.0. The van der Waals surface area contributed by atoms with E-state index in [9.17, 15) is 10.1 Å². The lowest BCUT2D eigenvalue weighted by Crippen LogP contribution is -2.18. The van der Waals surface area contributed by atoms with Crippen LogP contribution in [0.3, 0.4) is 0 Å². The van der Waals surface area contributed by atoms with Crippen LogP contribution in [0.25, 0.3) is 0 Å². The van der Waals surface area contributed by atoms with E-state index in [1.807, 2.05) is 0 Å². The first kappa shape index (κ1) is 10.4. The highest BCUT2D eigenvalue weighted by molar-refractivity contribution is 5.31. The van der Waals surface area contributed by atoms with Crippen LogP contribution >= 0.6 is 0 Å². The molecule has 1 heterocycles. The first-order valence-electron chi connectivity index (χ1n) is 5.90. The van der Waals surface area contributed by atoms with E-state index >= 15 is 0 Å². The largest absolute Gasteiger partial charge is 0.354 e. The monoisotopic (exact) mass is 234 g/mol.